The van der Waals surface area contributed by atoms with Gasteiger partial charge in [-0.2, -0.15) is 11.8 Å². The lowest BCUT2D eigenvalue weighted by Crippen LogP contribution is -2.34. The summed E-state index contributed by atoms with van der Waals surface area (Å²) < 4.78 is 0. The van der Waals surface area contributed by atoms with E-state index in [-0.39, 0.29) is 11.7 Å². The topological polar surface area (TPSA) is 66.4 Å². The molecular formula is C11H12ClNO3S. The Kier molecular flexibility index (Phi) is 5.31. The third-order valence-electron chi connectivity index (χ3n) is 2.04. The molecule has 1 atom stereocenters. The molecule has 2 N–H and O–H groups in total. The van der Waals surface area contributed by atoms with Crippen LogP contribution in [0, 0.1) is 0 Å². The van der Waals surface area contributed by atoms with Crippen LogP contribution in [0.1, 0.15) is 11.6 Å². The summed E-state index contributed by atoms with van der Waals surface area (Å²) >= 11 is 7.23. The summed E-state index contributed by atoms with van der Waals surface area (Å²) in [5, 5.41) is 11.8. The summed E-state index contributed by atoms with van der Waals surface area (Å²) in [6.45, 7) is 0. The van der Waals surface area contributed by atoms with Gasteiger partial charge in [-0.05, 0) is 12.3 Å². The summed E-state index contributed by atoms with van der Waals surface area (Å²) in [6, 6.07) is 5.45. The summed E-state index contributed by atoms with van der Waals surface area (Å²) in [4.78, 5) is 22.5. The number of amides is 1. The van der Waals surface area contributed by atoms with Gasteiger partial charge in [-0.1, -0.05) is 29.8 Å². The van der Waals surface area contributed by atoms with Crippen molar-refractivity contribution in [2.45, 2.75) is 6.04 Å². The van der Waals surface area contributed by atoms with E-state index in [1.54, 1.807) is 30.5 Å². The minimum atomic E-state index is -1.13. The molecule has 0 unspecified atom stereocenters. The van der Waals surface area contributed by atoms with Crippen molar-refractivity contribution in [1.82, 2.24) is 5.32 Å². The number of aliphatic carboxylic acids is 1. The molecule has 1 amide bonds. The quantitative estimate of drug-likeness (QED) is 0.860. The maximum absolute atomic E-state index is 11.4. The van der Waals surface area contributed by atoms with Crippen LogP contribution in [0.2, 0.25) is 5.02 Å². The van der Waals surface area contributed by atoms with Crippen molar-refractivity contribution < 1.29 is 14.7 Å². The first-order chi connectivity index (χ1) is 8.06. The molecular weight excluding hydrogens is 262 g/mol. The minimum Gasteiger partial charge on any atom is -0.479 e. The van der Waals surface area contributed by atoms with Gasteiger partial charge in [0, 0.05) is 10.6 Å². The van der Waals surface area contributed by atoms with Crippen LogP contribution in [-0.2, 0) is 9.59 Å². The van der Waals surface area contributed by atoms with E-state index in [0.717, 1.165) is 0 Å². The van der Waals surface area contributed by atoms with Crippen LogP contribution < -0.4 is 5.32 Å². The molecule has 0 radical (unpaired) electrons. The third-order valence-corrected chi connectivity index (χ3v) is 2.94. The zero-order valence-electron chi connectivity index (χ0n) is 9.14. The lowest BCUT2D eigenvalue weighted by Gasteiger charge is -2.15. The number of benzene rings is 1. The van der Waals surface area contributed by atoms with Crippen molar-refractivity contribution in [1.29, 1.82) is 0 Å². The standard InChI is InChI=1S/C11H12ClNO3S/c1-17-6-9(14)13-10(11(15)16)7-4-2-3-5-8(7)12/h2-5,10H,6H2,1H3,(H,13,14)(H,15,16)/t10-/m1/s1. The molecule has 0 saturated carbocycles. The molecule has 17 heavy (non-hydrogen) atoms. The number of halogens is 1. The van der Waals surface area contributed by atoms with Gasteiger partial charge in [0.2, 0.25) is 5.91 Å². The predicted molar refractivity (Wildman–Crippen MR) is 68.4 cm³/mol. The fourth-order valence-corrected chi connectivity index (χ4v) is 1.91. The highest BCUT2D eigenvalue weighted by molar-refractivity contribution is 7.99. The van der Waals surface area contributed by atoms with E-state index in [0.29, 0.717) is 10.6 Å². The first-order valence-corrected chi connectivity index (χ1v) is 6.59. The van der Waals surface area contributed by atoms with Crippen molar-refractivity contribution in [2.75, 3.05) is 12.0 Å². The summed E-state index contributed by atoms with van der Waals surface area (Å²) in [5.41, 5.74) is 0.385. The molecule has 0 aromatic heterocycles. The summed E-state index contributed by atoms with van der Waals surface area (Å²) in [6.07, 6.45) is 1.77. The van der Waals surface area contributed by atoms with Gasteiger partial charge >= 0.3 is 5.97 Å². The maximum Gasteiger partial charge on any atom is 0.330 e. The Balaban J connectivity index is 2.91. The van der Waals surface area contributed by atoms with Gasteiger partial charge in [0.1, 0.15) is 0 Å². The highest BCUT2D eigenvalue weighted by Gasteiger charge is 2.23. The Morgan fingerprint density at radius 1 is 1.47 bits per heavy atom. The number of carboxylic acids is 1. The van der Waals surface area contributed by atoms with Gasteiger partial charge < -0.3 is 10.4 Å². The third kappa shape index (κ3) is 3.94. The van der Waals surface area contributed by atoms with Gasteiger partial charge in [0.25, 0.3) is 0 Å². The highest BCUT2D eigenvalue weighted by Crippen LogP contribution is 2.22. The van der Waals surface area contributed by atoms with E-state index < -0.39 is 12.0 Å². The number of carbonyl (C=O) groups excluding carboxylic acids is 1. The average Bonchev–Trinajstić information content (AvgIpc) is 2.27. The Morgan fingerprint density at radius 3 is 2.65 bits per heavy atom. The van der Waals surface area contributed by atoms with Crippen LogP contribution in [0.25, 0.3) is 0 Å². The fraction of sp³-hybridized carbons (Fsp3) is 0.273. The molecule has 1 rings (SSSR count). The van der Waals surface area contributed by atoms with Gasteiger partial charge in [-0.3, -0.25) is 4.79 Å². The highest BCUT2D eigenvalue weighted by atomic mass is 35.5. The second kappa shape index (κ2) is 6.51. The lowest BCUT2D eigenvalue weighted by atomic mass is 10.1. The number of hydrogen-bond donors (Lipinski definition) is 2. The molecule has 0 bridgehead atoms. The Labute approximate surface area is 108 Å². The molecule has 0 saturated heterocycles. The number of thioether (sulfide) groups is 1. The van der Waals surface area contributed by atoms with E-state index in [4.69, 9.17) is 16.7 Å². The molecule has 0 aliphatic heterocycles. The Hall–Kier alpha value is -1.20. The van der Waals surface area contributed by atoms with Gasteiger partial charge in [-0.15, -0.1) is 0 Å². The zero-order valence-corrected chi connectivity index (χ0v) is 10.7. The van der Waals surface area contributed by atoms with Crippen LogP contribution >= 0.6 is 23.4 Å². The molecule has 92 valence electrons. The normalized spacial score (nSPS) is 11.9. The minimum absolute atomic E-state index is 0.217. The van der Waals surface area contributed by atoms with Crippen LogP contribution in [-0.4, -0.2) is 29.0 Å². The second-order valence-corrected chi connectivity index (χ2v) is 4.57. The predicted octanol–water partition coefficient (Wildman–Crippen LogP) is 1.94. The van der Waals surface area contributed by atoms with E-state index in [1.807, 2.05) is 0 Å². The van der Waals surface area contributed by atoms with E-state index in [9.17, 15) is 9.59 Å². The number of rotatable bonds is 5. The SMILES string of the molecule is CSCC(=O)N[C@@H](C(=O)O)c1ccccc1Cl. The average molecular weight is 274 g/mol. The first-order valence-electron chi connectivity index (χ1n) is 4.81. The molecule has 4 nitrogen and oxygen atoms in total. The number of carbonyl (C=O) groups is 2. The summed E-state index contributed by atoms with van der Waals surface area (Å²) in [7, 11) is 0. The zero-order chi connectivity index (χ0) is 12.8. The molecule has 6 heteroatoms. The summed E-state index contributed by atoms with van der Waals surface area (Å²) in [5.74, 6) is -1.24. The number of carboxylic acid groups (broad SMARTS) is 1. The van der Waals surface area contributed by atoms with E-state index in [2.05, 4.69) is 5.32 Å². The lowest BCUT2D eigenvalue weighted by molar-refractivity contribution is -0.141. The molecule has 1 aromatic carbocycles. The number of nitrogens with one attached hydrogen (secondary N) is 1. The van der Waals surface area contributed by atoms with Gasteiger partial charge in [-0.25, -0.2) is 4.79 Å². The van der Waals surface area contributed by atoms with Crippen LogP contribution in [0.3, 0.4) is 0 Å². The molecule has 0 aliphatic rings. The smallest absolute Gasteiger partial charge is 0.330 e. The second-order valence-electron chi connectivity index (χ2n) is 3.29. The molecule has 0 aliphatic carbocycles. The first kappa shape index (κ1) is 13.9. The van der Waals surface area contributed by atoms with Crippen LogP contribution in [0.5, 0.6) is 0 Å². The van der Waals surface area contributed by atoms with Crippen molar-refractivity contribution in [3.05, 3.63) is 34.9 Å². The van der Waals surface area contributed by atoms with Crippen molar-refractivity contribution in [3.63, 3.8) is 0 Å². The monoisotopic (exact) mass is 273 g/mol. The van der Waals surface area contributed by atoms with E-state index >= 15 is 0 Å². The van der Waals surface area contributed by atoms with E-state index in [1.165, 1.54) is 11.8 Å². The molecule has 0 spiro atoms. The van der Waals surface area contributed by atoms with Gasteiger partial charge in [0.15, 0.2) is 6.04 Å². The molecule has 0 fully saturated rings. The van der Waals surface area contributed by atoms with Gasteiger partial charge in [0.05, 0.1) is 5.75 Å². The Morgan fingerprint density at radius 2 is 2.12 bits per heavy atom. The largest absolute Gasteiger partial charge is 0.479 e. The van der Waals surface area contributed by atoms with Crippen LogP contribution in [0.15, 0.2) is 24.3 Å². The van der Waals surface area contributed by atoms with Crippen molar-refractivity contribution in [2.24, 2.45) is 0 Å². The van der Waals surface area contributed by atoms with Crippen molar-refractivity contribution >= 4 is 35.2 Å². The molecule has 1 aromatic rings. The Bertz CT molecular complexity index is 425. The number of hydrogen-bond acceptors (Lipinski definition) is 3. The maximum atomic E-state index is 11.4. The van der Waals surface area contributed by atoms with Crippen LogP contribution in [0.4, 0.5) is 0 Å². The fourth-order valence-electron chi connectivity index (χ4n) is 1.32. The van der Waals surface area contributed by atoms with Crippen molar-refractivity contribution in [3.8, 4) is 0 Å². The molecule has 0 heterocycles.